The molecule has 0 saturated carbocycles. The van der Waals surface area contributed by atoms with Gasteiger partial charge >= 0.3 is 5.84 Å². The number of carbonyl (C=O) groups excluding carboxylic acids is 1. The molecule has 5 nitrogen and oxygen atoms in total. The second kappa shape index (κ2) is 2.17. The van der Waals surface area contributed by atoms with Crippen LogP contribution in [0.15, 0.2) is 4.52 Å². The third kappa shape index (κ3) is 0.702. The van der Waals surface area contributed by atoms with Gasteiger partial charge in [-0.2, -0.15) is 4.98 Å². The Morgan fingerprint density at radius 2 is 2.25 bits per heavy atom. The van der Waals surface area contributed by atoms with Crippen molar-refractivity contribution in [3.8, 4) is 0 Å². The predicted octanol–water partition coefficient (Wildman–Crippen LogP) is 0.752. The summed E-state index contributed by atoms with van der Waals surface area (Å²) in [6.45, 7) is 3.51. The summed E-state index contributed by atoms with van der Waals surface area (Å²) in [4.78, 5) is 14.6. The first-order valence-electron chi connectivity index (χ1n) is 3.50. The smallest absolute Gasteiger partial charge is 0.315 e. The van der Waals surface area contributed by atoms with E-state index in [1.54, 1.807) is 18.2 Å². The quantitative estimate of drug-likeness (QED) is 0.585. The fraction of sp³-hybridized carbons (Fsp3) is 0.286. The van der Waals surface area contributed by atoms with Crippen molar-refractivity contribution in [2.24, 2.45) is 0 Å². The van der Waals surface area contributed by atoms with Crippen LogP contribution in [0.3, 0.4) is 0 Å². The van der Waals surface area contributed by atoms with Gasteiger partial charge in [-0.1, -0.05) is 5.16 Å². The number of aldehydes is 1. The van der Waals surface area contributed by atoms with E-state index >= 15 is 0 Å². The van der Waals surface area contributed by atoms with Crippen molar-refractivity contribution in [1.82, 2.24) is 14.5 Å². The van der Waals surface area contributed by atoms with Gasteiger partial charge in [0.1, 0.15) is 5.69 Å². The molecule has 0 aliphatic heterocycles. The summed E-state index contributed by atoms with van der Waals surface area (Å²) >= 11 is 0. The predicted molar refractivity (Wildman–Crippen MR) is 40.1 cm³/mol. The maximum absolute atomic E-state index is 10.6. The molecular weight excluding hydrogens is 158 g/mol. The van der Waals surface area contributed by atoms with Crippen molar-refractivity contribution < 1.29 is 9.32 Å². The van der Waals surface area contributed by atoms with Crippen molar-refractivity contribution >= 4 is 12.1 Å². The zero-order valence-electron chi connectivity index (χ0n) is 6.74. The van der Waals surface area contributed by atoms with Crippen LogP contribution in [0.2, 0.25) is 0 Å². The Bertz CT molecular complexity index is 441. The maximum Gasteiger partial charge on any atom is 0.332 e. The number of carbonyl (C=O) groups is 1. The Kier molecular flexibility index (Phi) is 1.27. The van der Waals surface area contributed by atoms with Crippen LogP contribution in [0.25, 0.3) is 5.84 Å². The highest BCUT2D eigenvalue weighted by Gasteiger charge is 2.13. The molecule has 0 radical (unpaired) electrons. The topological polar surface area (TPSA) is 60.4 Å². The van der Waals surface area contributed by atoms with Crippen LogP contribution < -0.4 is 0 Å². The van der Waals surface area contributed by atoms with Gasteiger partial charge in [-0.3, -0.25) is 4.79 Å². The van der Waals surface area contributed by atoms with Crippen molar-refractivity contribution in [1.29, 1.82) is 0 Å². The van der Waals surface area contributed by atoms with Crippen molar-refractivity contribution in [2.75, 3.05) is 0 Å². The zero-order valence-corrected chi connectivity index (χ0v) is 6.74. The van der Waals surface area contributed by atoms with Gasteiger partial charge in [0.15, 0.2) is 12.1 Å². The van der Waals surface area contributed by atoms with Gasteiger partial charge in [-0.15, -0.1) is 0 Å². The van der Waals surface area contributed by atoms with E-state index < -0.39 is 0 Å². The molecule has 12 heavy (non-hydrogen) atoms. The molecule has 62 valence electrons. The highest BCUT2D eigenvalue weighted by molar-refractivity contribution is 5.75. The number of hydrogen-bond donors (Lipinski definition) is 0. The van der Waals surface area contributed by atoms with Gasteiger partial charge in [-0.05, 0) is 13.8 Å². The minimum absolute atomic E-state index is 0.368. The lowest BCUT2D eigenvalue weighted by molar-refractivity contribution is 0.111. The molecule has 2 heterocycles. The second-order valence-electron chi connectivity index (χ2n) is 2.55. The highest BCUT2D eigenvalue weighted by atomic mass is 16.5. The molecule has 2 aromatic rings. The highest BCUT2D eigenvalue weighted by Crippen LogP contribution is 2.11. The molecule has 2 rings (SSSR count). The van der Waals surface area contributed by atoms with E-state index in [0.29, 0.717) is 23.1 Å². The van der Waals surface area contributed by atoms with Gasteiger partial charge in [0.2, 0.25) is 0 Å². The number of nitrogens with zero attached hydrogens (tertiary/aromatic N) is 3. The molecule has 0 bridgehead atoms. The number of rotatable bonds is 1. The normalized spacial score (nSPS) is 10.8. The minimum atomic E-state index is 0.368. The Morgan fingerprint density at radius 1 is 1.50 bits per heavy atom. The number of aromatic nitrogens is 3. The summed E-state index contributed by atoms with van der Waals surface area (Å²) < 4.78 is 6.44. The van der Waals surface area contributed by atoms with Gasteiger partial charge < -0.3 is 4.52 Å². The monoisotopic (exact) mass is 165 g/mol. The van der Waals surface area contributed by atoms with E-state index in [-0.39, 0.29) is 0 Å². The van der Waals surface area contributed by atoms with E-state index in [4.69, 9.17) is 4.52 Å². The number of fused-ring (bicyclic) bond motifs is 1. The van der Waals surface area contributed by atoms with Crippen LogP contribution in [0.5, 0.6) is 0 Å². The maximum atomic E-state index is 10.6. The molecule has 5 heteroatoms. The van der Waals surface area contributed by atoms with E-state index in [9.17, 15) is 4.79 Å². The Hall–Kier alpha value is -1.65. The summed E-state index contributed by atoms with van der Waals surface area (Å²) in [5.41, 5.74) is 1.16. The molecule has 0 fully saturated rings. The van der Waals surface area contributed by atoms with E-state index in [1.165, 1.54) is 0 Å². The average molecular weight is 165 g/mol. The van der Waals surface area contributed by atoms with Gasteiger partial charge in [-0.25, -0.2) is 4.40 Å². The summed E-state index contributed by atoms with van der Waals surface area (Å²) in [7, 11) is 0. The average Bonchev–Trinajstić information content (AvgIpc) is 2.52. The summed E-state index contributed by atoms with van der Waals surface area (Å²) in [5.74, 6) is 1.000. The first-order valence-corrected chi connectivity index (χ1v) is 3.50. The first-order chi connectivity index (χ1) is 5.74. The second-order valence-corrected chi connectivity index (χ2v) is 2.55. The van der Waals surface area contributed by atoms with Crippen molar-refractivity contribution in [3.63, 3.8) is 0 Å². The van der Waals surface area contributed by atoms with E-state index in [1.807, 2.05) is 0 Å². The van der Waals surface area contributed by atoms with Crippen LogP contribution in [0.4, 0.5) is 0 Å². The molecule has 0 amide bonds. The van der Waals surface area contributed by atoms with E-state index in [2.05, 4.69) is 10.1 Å². The molecule has 0 saturated heterocycles. The van der Waals surface area contributed by atoms with Crippen LogP contribution in [0, 0.1) is 13.8 Å². The molecular formula is C7H7N3O2. The fourth-order valence-corrected chi connectivity index (χ4v) is 1.18. The molecule has 0 aromatic carbocycles. The third-order valence-corrected chi connectivity index (χ3v) is 1.76. The van der Waals surface area contributed by atoms with Gasteiger partial charge in [0.05, 0.1) is 5.69 Å². The zero-order chi connectivity index (χ0) is 8.72. The summed E-state index contributed by atoms with van der Waals surface area (Å²) in [5, 5.41) is 3.67. The number of hydrogen-bond acceptors (Lipinski definition) is 4. The Morgan fingerprint density at radius 3 is 2.92 bits per heavy atom. The number of imidazole rings is 1. The molecule has 0 unspecified atom stereocenters. The van der Waals surface area contributed by atoms with Crippen molar-refractivity contribution in [3.05, 3.63) is 17.2 Å². The van der Waals surface area contributed by atoms with Crippen LogP contribution in [-0.2, 0) is 0 Å². The van der Waals surface area contributed by atoms with Crippen LogP contribution in [0.1, 0.15) is 22.0 Å². The lowest BCUT2D eigenvalue weighted by Crippen LogP contribution is -1.93. The lowest BCUT2D eigenvalue weighted by atomic mass is 10.4. The Balaban J connectivity index is 2.93. The van der Waals surface area contributed by atoms with Crippen LogP contribution >= 0.6 is 0 Å². The van der Waals surface area contributed by atoms with Gasteiger partial charge in [0.25, 0.3) is 0 Å². The SMILES string of the molecule is Cc1nc2onc(C)n2c1C=O. The fourth-order valence-electron chi connectivity index (χ4n) is 1.18. The number of aryl methyl sites for hydroxylation is 2. The molecule has 2 aromatic heterocycles. The summed E-state index contributed by atoms with van der Waals surface area (Å²) in [6.07, 6.45) is 0.750. The molecule has 0 atom stereocenters. The first kappa shape index (κ1) is 7.02. The standard InChI is InChI=1S/C7H7N3O2/c1-4-6(3-11)10-5(2)9-12-7(10)8-4/h3H,1-2H3. The third-order valence-electron chi connectivity index (χ3n) is 1.76. The molecule has 0 aliphatic carbocycles. The molecule has 0 N–H and O–H groups in total. The minimum Gasteiger partial charge on any atom is -0.315 e. The Labute approximate surface area is 68.0 Å². The van der Waals surface area contributed by atoms with E-state index in [0.717, 1.165) is 6.29 Å². The van der Waals surface area contributed by atoms with Crippen molar-refractivity contribution in [2.45, 2.75) is 13.8 Å². The lowest BCUT2D eigenvalue weighted by Gasteiger charge is -1.87. The van der Waals surface area contributed by atoms with Gasteiger partial charge in [0, 0.05) is 0 Å². The molecule has 0 aliphatic rings. The molecule has 0 spiro atoms. The summed E-state index contributed by atoms with van der Waals surface area (Å²) in [6, 6.07) is 0. The van der Waals surface area contributed by atoms with Crippen LogP contribution in [-0.4, -0.2) is 20.8 Å². The largest absolute Gasteiger partial charge is 0.332 e.